The van der Waals surface area contributed by atoms with Gasteiger partial charge in [0.15, 0.2) is 0 Å². The van der Waals surface area contributed by atoms with Crippen molar-refractivity contribution in [1.82, 2.24) is 4.90 Å². The first kappa shape index (κ1) is 15.4. The molecule has 1 unspecified atom stereocenters. The maximum atomic E-state index is 12.0. The first-order valence-electron chi connectivity index (χ1n) is 6.09. The van der Waals surface area contributed by atoms with Crippen molar-refractivity contribution in [1.29, 1.82) is 0 Å². The van der Waals surface area contributed by atoms with Gasteiger partial charge in [0, 0.05) is 6.61 Å². The number of esters is 2. The number of hydrogen-bond acceptors (Lipinski definition) is 6. The summed E-state index contributed by atoms with van der Waals surface area (Å²) >= 11 is 0. The van der Waals surface area contributed by atoms with E-state index in [1.165, 1.54) is 14.2 Å². The molecule has 7 nitrogen and oxygen atoms in total. The molecule has 1 amide bonds. The van der Waals surface area contributed by atoms with Gasteiger partial charge in [-0.25, -0.2) is 0 Å². The monoisotopic (exact) mass is 273 g/mol. The van der Waals surface area contributed by atoms with Gasteiger partial charge in [-0.15, -0.1) is 0 Å². The predicted molar refractivity (Wildman–Crippen MR) is 64.2 cm³/mol. The molecule has 19 heavy (non-hydrogen) atoms. The molecule has 0 aromatic rings. The second-order valence-electron chi connectivity index (χ2n) is 4.24. The first-order chi connectivity index (χ1) is 9.06. The highest BCUT2D eigenvalue weighted by Gasteiger charge is 2.25. The van der Waals surface area contributed by atoms with Gasteiger partial charge >= 0.3 is 11.9 Å². The lowest BCUT2D eigenvalue weighted by Crippen LogP contribution is -2.41. The van der Waals surface area contributed by atoms with Crippen molar-refractivity contribution < 1.29 is 28.6 Å². The van der Waals surface area contributed by atoms with Crippen LogP contribution in [0.25, 0.3) is 0 Å². The molecule has 108 valence electrons. The van der Waals surface area contributed by atoms with E-state index >= 15 is 0 Å². The van der Waals surface area contributed by atoms with E-state index in [1.807, 2.05) is 0 Å². The Morgan fingerprint density at radius 1 is 1.16 bits per heavy atom. The highest BCUT2D eigenvalue weighted by atomic mass is 16.5. The van der Waals surface area contributed by atoms with Crippen molar-refractivity contribution in [2.45, 2.75) is 25.4 Å². The van der Waals surface area contributed by atoms with Gasteiger partial charge in [0.2, 0.25) is 5.91 Å². The van der Waals surface area contributed by atoms with Crippen LogP contribution in [0.4, 0.5) is 0 Å². The molecule has 1 rings (SSSR count). The van der Waals surface area contributed by atoms with Crippen molar-refractivity contribution in [3.63, 3.8) is 0 Å². The zero-order chi connectivity index (χ0) is 14.3. The Kier molecular flexibility index (Phi) is 6.27. The summed E-state index contributed by atoms with van der Waals surface area (Å²) in [5.74, 6) is -1.48. The van der Waals surface area contributed by atoms with Gasteiger partial charge in [0.1, 0.15) is 13.1 Å². The molecular weight excluding hydrogens is 254 g/mol. The summed E-state index contributed by atoms with van der Waals surface area (Å²) in [4.78, 5) is 35.6. The lowest BCUT2D eigenvalue weighted by atomic mass is 10.1. The molecule has 0 saturated carbocycles. The van der Waals surface area contributed by atoms with Crippen LogP contribution in [-0.2, 0) is 28.6 Å². The molecule has 0 radical (unpaired) electrons. The molecule has 1 atom stereocenters. The maximum absolute atomic E-state index is 12.0. The van der Waals surface area contributed by atoms with Crippen molar-refractivity contribution in [2.24, 2.45) is 0 Å². The minimum atomic E-state index is -0.579. The van der Waals surface area contributed by atoms with Gasteiger partial charge in [-0.05, 0) is 12.8 Å². The number of carbonyl (C=O) groups excluding carboxylic acids is 3. The maximum Gasteiger partial charge on any atom is 0.325 e. The van der Waals surface area contributed by atoms with Crippen LogP contribution in [0.5, 0.6) is 0 Å². The van der Waals surface area contributed by atoms with Gasteiger partial charge in [0.25, 0.3) is 0 Å². The Morgan fingerprint density at radius 3 is 2.16 bits per heavy atom. The molecule has 1 fully saturated rings. The summed E-state index contributed by atoms with van der Waals surface area (Å²) in [5, 5.41) is 0. The van der Waals surface area contributed by atoms with Gasteiger partial charge in [-0.2, -0.15) is 0 Å². The molecule has 1 aliphatic rings. The highest BCUT2D eigenvalue weighted by molar-refractivity contribution is 5.86. The fraction of sp³-hybridized carbons (Fsp3) is 0.750. The van der Waals surface area contributed by atoms with Crippen molar-refractivity contribution >= 4 is 17.8 Å². The average Bonchev–Trinajstić information content (AvgIpc) is 2.90. The van der Waals surface area contributed by atoms with Crippen LogP contribution in [0.3, 0.4) is 0 Å². The smallest absolute Gasteiger partial charge is 0.325 e. The van der Waals surface area contributed by atoms with E-state index in [4.69, 9.17) is 4.74 Å². The minimum absolute atomic E-state index is 0.134. The van der Waals surface area contributed by atoms with Gasteiger partial charge in [-0.3, -0.25) is 14.4 Å². The first-order valence-corrected chi connectivity index (χ1v) is 6.09. The molecule has 0 spiro atoms. The summed E-state index contributed by atoms with van der Waals surface area (Å²) in [5.41, 5.74) is 0. The number of amides is 1. The third-order valence-electron chi connectivity index (χ3n) is 2.87. The summed E-state index contributed by atoms with van der Waals surface area (Å²) in [6.45, 7) is 0.111. The zero-order valence-corrected chi connectivity index (χ0v) is 11.2. The summed E-state index contributed by atoms with van der Waals surface area (Å²) in [6, 6.07) is 0. The normalized spacial score (nSPS) is 17.9. The Labute approximate surface area is 111 Å². The number of methoxy groups -OCH3 is 2. The summed E-state index contributed by atoms with van der Waals surface area (Å²) in [7, 11) is 2.45. The summed E-state index contributed by atoms with van der Waals surface area (Å²) in [6.07, 6.45) is 1.76. The molecule has 0 N–H and O–H groups in total. The Bertz CT molecular complexity index is 319. The fourth-order valence-electron chi connectivity index (χ4n) is 1.80. The Balaban J connectivity index is 2.56. The SMILES string of the molecule is COC(=O)CN(CC(=O)OC)C(=O)CC1CCCO1. The minimum Gasteiger partial charge on any atom is -0.468 e. The van der Waals surface area contributed by atoms with E-state index in [1.54, 1.807) is 0 Å². The molecular formula is C12H19NO6. The molecule has 1 aliphatic heterocycles. The molecule has 1 heterocycles. The Morgan fingerprint density at radius 2 is 1.74 bits per heavy atom. The average molecular weight is 273 g/mol. The molecule has 0 aromatic carbocycles. The number of nitrogens with zero attached hydrogens (tertiary/aromatic N) is 1. The largest absolute Gasteiger partial charge is 0.468 e. The third kappa shape index (κ3) is 5.25. The molecule has 7 heteroatoms. The van der Waals surface area contributed by atoms with E-state index in [0.717, 1.165) is 17.7 Å². The number of carbonyl (C=O) groups is 3. The third-order valence-corrected chi connectivity index (χ3v) is 2.87. The second-order valence-corrected chi connectivity index (χ2v) is 4.24. The number of hydrogen-bond donors (Lipinski definition) is 0. The van der Waals surface area contributed by atoms with Crippen molar-refractivity contribution in [3.05, 3.63) is 0 Å². The lowest BCUT2D eigenvalue weighted by molar-refractivity contribution is -0.152. The van der Waals surface area contributed by atoms with Crippen LogP contribution in [0.15, 0.2) is 0 Å². The van der Waals surface area contributed by atoms with Gasteiger partial charge in [-0.1, -0.05) is 0 Å². The van der Waals surface area contributed by atoms with E-state index < -0.39 is 11.9 Å². The molecule has 0 bridgehead atoms. The van der Waals surface area contributed by atoms with Crippen LogP contribution in [0.1, 0.15) is 19.3 Å². The van der Waals surface area contributed by atoms with Crippen LogP contribution in [0.2, 0.25) is 0 Å². The van der Waals surface area contributed by atoms with Crippen molar-refractivity contribution in [3.8, 4) is 0 Å². The van der Waals surface area contributed by atoms with Crippen LogP contribution in [-0.4, -0.2) is 62.8 Å². The van der Waals surface area contributed by atoms with Crippen LogP contribution in [0, 0.1) is 0 Å². The van der Waals surface area contributed by atoms with E-state index in [0.29, 0.717) is 6.61 Å². The fourth-order valence-corrected chi connectivity index (χ4v) is 1.80. The van der Waals surface area contributed by atoms with Crippen LogP contribution >= 0.6 is 0 Å². The number of rotatable bonds is 6. The van der Waals surface area contributed by atoms with Crippen molar-refractivity contribution in [2.75, 3.05) is 33.9 Å². The second kappa shape index (κ2) is 7.73. The molecule has 0 aliphatic carbocycles. The zero-order valence-electron chi connectivity index (χ0n) is 11.2. The highest BCUT2D eigenvalue weighted by Crippen LogP contribution is 2.16. The lowest BCUT2D eigenvalue weighted by Gasteiger charge is -2.21. The van der Waals surface area contributed by atoms with Gasteiger partial charge in [0.05, 0.1) is 26.7 Å². The topological polar surface area (TPSA) is 82.1 Å². The van der Waals surface area contributed by atoms with E-state index in [2.05, 4.69) is 9.47 Å². The Hall–Kier alpha value is -1.63. The van der Waals surface area contributed by atoms with E-state index in [-0.39, 0.29) is 31.5 Å². The predicted octanol–water partition coefficient (Wildman–Crippen LogP) is -0.270. The summed E-state index contributed by atoms with van der Waals surface area (Å²) < 4.78 is 14.4. The molecule has 0 aromatic heterocycles. The number of ether oxygens (including phenoxy) is 3. The quantitative estimate of drug-likeness (QED) is 0.620. The van der Waals surface area contributed by atoms with E-state index in [9.17, 15) is 14.4 Å². The molecule has 1 saturated heterocycles. The van der Waals surface area contributed by atoms with Gasteiger partial charge < -0.3 is 19.1 Å². The standard InChI is InChI=1S/C12H19NO6/c1-17-11(15)7-13(8-12(16)18-2)10(14)6-9-4-3-5-19-9/h9H,3-8H2,1-2H3. The van der Waals surface area contributed by atoms with Crippen LogP contribution < -0.4 is 0 Å².